The van der Waals surface area contributed by atoms with Gasteiger partial charge in [0, 0.05) is 26.1 Å². The van der Waals surface area contributed by atoms with E-state index in [1.165, 1.54) is 0 Å². The van der Waals surface area contributed by atoms with E-state index in [2.05, 4.69) is 31.9 Å². The van der Waals surface area contributed by atoms with E-state index in [1.807, 2.05) is 72.8 Å². The van der Waals surface area contributed by atoms with Gasteiger partial charge in [0.05, 0.1) is 22.4 Å². The van der Waals surface area contributed by atoms with Gasteiger partial charge in [0.15, 0.2) is 0 Å². The highest BCUT2D eigenvalue weighted by Crippen LogP contribution is 2.28. The number of benzene rings is 3. The number of aliphatic hydroxyl groups is 1. The Morgan fingerprint density at radius 1 is 0.741 bits per heavy atom. The topological polar surface area (TPSA) is 46.0 Å². The predicted octanol–water partition coefficient (Wildman–Crippen LogP) is 6.88. The molecule has 0 spiro atoms. The lowest BCUT2D eigenvalue weighted by Crippen LogP contribution is -1.96. The van der Waals surface area contributed by atoms with E-state index < -0.39 is 0 Å². The van der Waals surface area contributed by atoms with Crippen LogP contribution in [0.1, 0.15) is 11.3 Å². The maximum Gasteiger partial charge on any atom is 0.125 e. The number of halogens is 2. The monoisotopic (exact) mass is 480 g/mol. The zero-order chi connectivity index (χ0) is 18.8. The van der Waals surface area contributed by atoms with Crippen LogP contribution in [-0.4, -0.2) is 15.1 Å². The molecule has 0 atom stereocenters. The Labute approximate surface area is 173 Å². The van der Waals surface area contributed by atoms with E-state index in [1.54, 1.807) is 6.08 Å². The van der Waals surface area contributed by atoms with Crippen LogP contribution in [0.15, 0.2) is 81.7 Å². The van der Waals surface area contributed by atoms with Crippen molar-refractivity contribution in [3.63, 3.8) is 0 Å². The van der Waals surface area contributed by atoms with E-state index in [0.29, 0.717) is 5.69 Å². The van der Waals surface area contributed by atoms with Crippen LogP contribution in [-0.2, 0) is 0 Å². The smallest absolute Gasteiger partial charge is 0.125 e. The molecular weight excluding hydrogens is 468 g/mol. The molecule has 0 saturated heterocycles. The fourth-order valence-corrected chi connectivity index (χ4v) is 3.30. The van der Waals surface area contributed by atoms with Gasteiger partial charge in [0.25, 0.3) is 0 Å². The summed E-state index contributed by atoms with van der Waals surface area (Å²) in [5, 5.41) is 10.6. The summed E-state index contributed by atoms with van der Waals surface area (Å²) >= 11 is 6.87. The SMILES string of the molecule is O/C(=C\c1nc2ccccc2nc1-c1ccc(Br)cc1)c1ccc(Br)cc1. The van der Waals surface area contributed by atoms with Crippen molar-refractivity contribution >= 4 is 54.7 Å². The highest BCUT2D eigenvalue weighted by molar-refractivity contribution is 9.10. The molecule has 0 bridgehead atoms. The quantitative estimate of drug-likeness (QED) is 0.324. The van der Waals surface area contributed by atoms with Gasteiger partial charge in [-0.2, -0.15) is 0 Å². The molecule has 0 aliphatic heterocycles. The molecule has 4 rings (SSSR count). The van der Waals surface area contributed by atoms with Crippen molar-refractivity contribution in [3.05, 3.63) is 93.0 Å². The van der Waals surface area contributed by atoms with Gasteiger partial charge in [0.2, 0.25) is 0 Å². The molecule has 0 radical (unpaired) electrons. The van der Waals surface area contributed by atoms with Gasteiger partial charge in [-0.3, -0.25) is 0 Å². The molecule has 0 amide bonds. The molecule has 4 aromatic rings. The van der Waals surface area contributed by atoms with Crippen molar-refractivity contribution in [2.45, 2.75) is 0 Å². The Bertz CT molecular complexity index is 1140. The molecule has 132 valence electrons. The largest absolute Gasteiger partial charge is 0.507 e. The lowest BCUT2D eigenvalue weighted by atomic mass is 10.1. The lowest BCUT2D eigenvalue weighted by molar-refractivity contribution is 0.515. The Morgan fingerprint density at radius 2 is 1.30 bits per heavy atom. The van der Waals surface area contributed by atoms with Crippen molar-refractivity contribution in [2.75, 3.05) is 0 Å². The summed E-state index contributed by atoms with van der Waals surface area (Å²) in [6.45, 7) is 0. The minimum absolute atomic E-state index is 0.144. The first kappa shape index (κ1) is 17.9. The van der Waals surface area contributed by atoms with Gasteiger partial charge < -0.3 is 5.11 Å². The maximum absolute atomic E-state index is 10.6. The fourth-order valence-electron chi connectivity index (χ4n) is 2.77. The number of nitrogens with zero attached hydrogens (tertiary/aromatic N) is 2. The van der Waals surface area contributed by atoms with Crippen LogP contribution in [0, 0.1) is 0 Å². The van der Waals surface area contributed by atoms with Crippen LogP contribution in [0.3, 0.4) is 0 Å². The van der Waals surface area contributed by atoms with Gasteiger partial charge in [-0.25, -0.2) is 9.97 Å². The van der Waals surface area contributed by atoms with Crippen LogP contribution in [0.25, 0.3) is 34.1 Å². The molecule has 0 unspecified atom stereocenters. The first-order valence-electron chi connectivity index (χ1n) is 8.29. The minimum atomic E-state index is 0.144. The van der Waals surface area contributed by atoms with Crippen molar-refractivity contribution in [1.29, 1.82) is 0 Å². The molecule has 3 nitrogen and oxygen atoms in total. The van der Waals surface area contributed by atoms with Crippen LogP contribution in [0.5, 0.6) is 0 Å². The molecule has 5 heteroatoms. The summed E-state index contributed by atoms with van der Waals surface area (Å²) in [4.78, 5) is 9.53. The molecule has 27 heavy (non-hydrogen) atoms. The highest BCUT2D eigenvalue weighted by Gasteiger charge is 2.11. The van der Waals surface area contributed by atoms with Gasteiger partial charge in [0.1, 0.15) is 5.76 Å². The third-order valence-electron chi connectivity index (χ3n) is 4.13. The van der Waals surface area contributed by atoms with E-state index >= 15 is 0 Å². The Balaban J connectivity index is 1.89. The average molecular weight is 482 g/mol. The number of fused-ring (bicyclic) bond motifs is 1. The second-order valence-electron chi connectivity index (χ2n) is 5.99. The predicted molar refractivity (Wildman–Crippen MR) is 117 cm³/mol. The summed E-state index contributed by atoms with van der Waals surface area (Å²) in [5.74, 6) is 0.144. The van der Waals surface area contributed by atoms with E-state index in [9.17, 15) is 5.11 Å². The third kappa shape index (κ3) is 3.94. The highest BCUT2D eigenvalue weighted by atomic mass is 79.9. The second kappa shape index (κ2) is 7.62. The summed E-state index contributed by atoms with van der Waals surface area (Å²) in [6, 6.07) is 23.1. The standard InChI is InChI=1S/C22H14Br2N2O/c23-16-9-5-14(6-10-16)21(27)13-20-22(15-7-11-17(24)12-8-15)26-19-4-2-1-3-18(19)25-20/h1-13,27H/b21-13-. The van der Waals surface area contributed by atoms with Gasteiger partial charge in [-0.15, -0.1) is 0 Å². The zero-order valence-corrected chi connectivity index (χ0v) is 17.3. The fraction of sp³-hybridized carbons (Fsp3) is 0. The number of hydrogen-bond donors (Lipinski definition) is 1. The lowest BCUT2D eigenvalue weighted by Gasteiger charge is -2.09. The normalized spacial score (nSPS) is 11.7. The molecule has 3 aromatic carbocycles. The molecule has 1 heterocycles. The van der Waals surface area contributed by atoms with E-state index in [-0.39, 0.29) is 5.76 Å². The second-order valence-corrected chi connectivity index (χ2v) is 7.82. The molecule has 0 saturated carbocycles. The Hall–Kier alpha value is -2.50. The van der Waals surface area contributed by atoms with Gasteiger partial charge in [-0.05, 0) is 36.4 Å². The minimum Gasteiger partial charge on any atom is -0.507 e. The Morgan fingerprint density at radius 3 is 1.93 bits per heavy atom. The average Bonchev–Trinajstić information content (AvgIpc) is 2.68. The van der Waals surface area contributed by atoms with Crippen LogP contribution < -0.4 is 0 Å². The van der Waals surface area contributed by atoms with Crippen LogP contribution in [0.2, 0.25) is 0 Å². The summed E-state index contributed by atoms with van der Waals surface area (Å²) in [6.07, 6.45) is 1.67. The van der Waals surface area contributed by atoms with Crippen molar-refractivity contribution in [3.8, 4) is 11.3 Å². The first-order chi connectivity index (χ1) is 13.1. The van der Waals surface area contributed by atoms with Gasteiger partial charge >= 0.3 is 0 Å². The number of hydrogen-bond acceptors (Lipinski definition) is 3. The molecule has 1 aromatic heterocycles. The summed E-state index contributed by atoms with van der Waals surface area (Å²) < 4.78 is 1.95. The van der Waals surface area contributed by atoms with Crippen molar-refractivity contribution in [1.82, 2.24) is 9.97 Å². The van der Waals surface area contributed by atoms with Crippen LogP contribution >= 0.6 is 31.9 Å². The number of para-hydroxylation sites is 2. The molecule has 0 aliphatic rings. The van der Waals surface area contributed by atoms with Crippen molar-refractivity contribution < 1.29 is 5.11 Å². The molecule has 0 aliphatic carbocycles. The van der Waals surface area contributed by atoms with Crippen molar-refractivity contribution in [2.24, 2.45) is 0 Å². The first-order valence-corrected chi connectivity index (χ1v) is 9.88. The molecule has 0 fully saturated rings. The van der Waals surface area contributed by atoms with Crippen LogP contribution in [0.4, 0.5) is 0 Å². The summed E-state index contributed by atoms with van der Waals surface area (Å²) in [5.41, 5.74) is 4.60. The number of aliphatic hydroxyl groups excluding tert-OH is 1. The number of rotatable bonds is 3. The van der Waals surface area contributed by atoms with E-state index in [0.717, 1.165) is 36.8 Å². The molecular formula is C22H14Br2N2O. The summed E-state index contributed by atoms with van der Waals surface area (Å²) in [7, 11) is 0. The Kier molecular flexibility index (Phi) is 5.05. The zero-order valence-electron chi connectivity index (χ0n) is 14.1. The maximum atomic E-state index is 10.6. The van der Waals surface area contributed by atoms with Gasteiger partial charge in [-0.1, -0.05) is 68.3 Å². The molecule has 1 N–H and O–H groups in total. The van der Waals surface area contributed by atoms with E-state index in [4.69, 9.17) is 9.97 Å². The third-order valence-corrected chi connectivity index (χ3v) is 5.19. The number of aromatic nitrogens is 2.